The second-order valence-electron chi connectivity index (χ2n) is 3.68. The molecular formula is C15H18OS. The van der Waals surface area contributed by atoms with E-state index in [1.807, 2.05) is 24.3 Å². The standard InChI is InChI=1S/C15H18OS/c1-4-8-13-10-7-11-15(14(13)9-5-2)17(16)12-6-3/h4-7,10-11H,1-3,8-9,12H2. The summed E-state index contributed by atoms with van der Waals surface area (Å²) in [5.41, 5.74) is 2.29. The van der Waals surface area contributed by atoms with Crippen molar-refractivity contribution >= 4 is 10.8 Å². The molecule has 0 aliphatic carbocycles. The Balaban J connectivity index is 3.22. The molecule has 17 heavy (non-hydrogen) atoms. The van der Waals surface area contributed by atoms with Crippen molar-refractivity contribution in [3.05, 3.63) is 67.3 Å². The minimum Gasteiger partial charge on any atom is -0.254 e. The van der Waals surface area contributed by atoms with Crippen LogP contribution in [0.2, 0.25) is 0 Å². The second-order valence-corrected chi connectivity index (χ2v) is 5.14. The molecule has 0 aromatic heterocycles. The first kappa shape index (κ1) is 13.7. The van der Waals surface area contributed by atoms with Crippen molar-refractivity contribution in [2.75, 3.05) is 5.75 Å². The Morgan fingerprint density at radius 1 is 1.06 bits per heavy atom. The number of allylic oxidation sites excluding steroid dienone is 2. The van der Waals surface area contributed by atoms with Gasteiger partial charge in [-0.2, -0.15) is 0 Å². The molecule has 0 aliphatic heterocycles. The Morgan fingerprint density at radius 3 is 2.35 bits per heavy atom. The quantitative estimate of drug-likeness (QED) is 0.674. The first-order valence-electron chi connectivity index (χ1n) is 5.56. The van der Waals surface area contributed by atoms with E-state index in [0.717, 1.165) is 23.3 Å². The Morgan fingerprint density at radius 2 is 1.76 bits per heavy atom. The van der Waals surface area contributed by atoms with Crippen LogP contribution >= 0.6 is 0 Å². The van der Waals surface area contributed by atoms with Crippen LogP contribution in [0.25, 0.3) is 0 Å². The van der Waals surface area contributed by atoms with Crippen molar-refractivity contribution in [3.63, 3.8) is 0 Å². The highest BCUT2D eigenvalue weighted by atomic mass is 32.2. The molecule has 0 aliphatic rings. The summed E-state index contributed by atoms with van der Waals surface area (Å²) in [6, 6.07) is 5.92. The van der Waals surface area contributed by atoms with Gasteiger partial charge in [0.25, 0.3) is 0 Å². The van der Waals surface area contributed by atoms with E-state index in [2.05, 4.69) is 25.8 Å². The van der Waals surface area contributed by atoms with Crippen LogP contribution < -0.4 is 0 Å². The number of rotatable bonds is 7. The fourth-order valence-corrected chi connectivity index (χ4v) is 2.86. The van der Waals surface area contributed by atoms with Crippen molar-refractivity contribution in [3.8, 4) is 0 Å². The predicted molar refractivity (Wildman–Crippen MR) is 75.7 cm³/mol. The monoisotopic (exact) mass is 246 g/mol. The van der Waals surface area contributed by atoms with Gasteiger partial charge in [0.1, 0.15) is 0 Å². The topological polar surface area (TPSA) is 17.1 Å². The first-order chi connectivity index (χ1) is 8.24. The minimum atomic E-state index is -1.01. The van der Waals surface area contributed by atoms with Crippen LogP contribution in [0.3, 0.4) is 0 Å². The Hall–Kier alpha value is -1.41. The van der Waals surface area contributed by atoms with E-state index >= 15 is 0 Å². The summed E-state index contributed by atoms with van der Waals surface area (Å²) in [7, 11) is -1.01. The summed E-state index contributed by atoms with van der Waals surface area (Å²) >= 11 is 0. The molecule has 1 rings (SSSR count). The van der Waals surface area contributed by atoms with Gasteiger partial charge in [0.2, 0.25) is 0 Å². The molecule has 1 aromatic rings. The van der Waals surface area contributed by atoms with Gasteiger partial charge in [-0.25, -0.2) is 0 Å². The molecule has 90 valence electrons. The SMILES string of the molecule is C=CCc1cccc(S(=O)CC=C)c1CC=C. The summed E-state index contributed by atoms with van der Waals surface area (Å²) in [6.07, 6.45) is 6.93. The second kappa shape index (κ2) is 7.02. The molecule has 0 bridgehead atoms. The van der Waals surface area contributed by atoms with Crippen LogP contribution in [0, 0.1) is 0 Å². The molecule has 1 nitrogen and oxygen atoms in total. The molecule has 1 aromatic carbocycles. The van der Waals surface area contributed by atoms with Gasteiger partial charge in [-0.1, -0.05) is 30.4 Å². The zero-order valence-electron chi connectivity index (χ0n) is 10.0. The molecule has 0 saturated carbocycles. The maximum absolute atomic E-state index is 12.1. The van der Waals surface area contributed by atoms with E-state index in [-0.39, 0.29) is 0 Å². The van der Waals surface area contributed by atoms with Crippen molar-refractivity contribution in [2.24, 2.45) is 0 Å². The highest BCUT2D eigenvalue weighted by molar-refractivity contribution is 7.85. The summed E-state index contributed by atoms with van der Waals surface area (Å²) in [5, 5.41) is 0. The maximum Gasteiger partial charge on any atom is 0.0570 e. The lowest BCUT2D eigenvalue weighted by atomic mass is 10.0. The lowest BCUT2D eigenvalue weighted by molar-refractivity contribution is 0.684. The van der Waals surface area contributed by atoms with Crippen LogP contribution in [0.4, 0.5) is 0 Å². The lowest BCUT2D eigenvalue weighted by Crippen LogP contribution is -2.03. The van der Waals surface area contributed by atoms with Gasteiger partial charge in [0.05, 0.1) is 10.8 Å². The molecule has 0 N–H and O–H groups in total. The Kier molecular flexibility index (Phi) is 5.64. The molecule has 0 amide bonds. The highest BCUT2D eigenvalue weighted by Crippen LogP contribution is 2.20. The highest BCUT2D eigenvalue weighted by Gasteiger charge is 2.10. The third kappa shape index (κ3) is 3.53. The van der Waals surface area contributed by atoms with E-state index in [1.54, 1.807) is 6.08 Å². The smallest absolute Gasteiger partial charge is 0.0570 e. The van der Waals surface area contributed by atoms with Crippen LogP contribution in [-0.2, 0) is 23.6 Å². The predicted octanol–water partition coefficient (Wildman–Crippen LogP) is 3.44. The van der Waals surface area contributed by atoms with E-state index < -0.39 is 10.8 Å². The van der Waals surface area contributed by atoms with Gasteiger partial charge in [0.15, 0.2) is 0 Å². The maximum atomic E-state index is 12.1. The summed E-state index contributed by atoms with van der Waals surface area (Å²) in [6.45, 7) is 11.1. The molecule has 0 spiro atoms. The third-order valence-corrected chi connectivity index (χ3v) is 3.87. The van der Waals surface area contributed by atoms with Crippen LogP contribution in [-0.4, -0.2) is 9.96 Å². The summed E-state index contributed by atoms with van der Waals surface area (Å²) < 4.78 is 12.1. The number of hydrogen-bond acceptors (Lipinski definition) is 1. The molecular weight excluding hydrogens is 228 g/mol. The van der Waals surface area contributed by atoms with Crippen molar-refractivity contribution in [1.29, 1.82) is 0 Å². The molecule has 1 atom stereocenters. The fourth-order valence-electron chi connectivity index (χ4n) is 1.74. The van der Waals surface area contributed by atoms with E-state index in [0.29, 0.717) is 5.75 Å². The van der Waals surface area contributed by atoms with Gasteiger partial charge in [0, 0.05) is 10.6 Å². The van der Waals surface area contributed by atoms with Gasteiger partial charge in [-0.3, -0.25) is 4.21 Å². The van der Waals surface area contributed by atoms with Gasteiger partial charge >= 0.3 is 0 Å². The molecule has 0 fully saturated rings. The van der Waals surface area contributed by atoms with Crippen LogP contribution in [0.15, 0.2) is 61.1 Å². The third-order valence-electron chi connectivity index (χ3n) is 2.46. The zero-order chi connectivity index (χ0) is 12.7. The first-order valence-corrected chi connectivity index (χ1v) is 6.88. The molecule has 1 unspecified atom stereocenters. The van der Waals surface area contributed by atoms with Crippen molar-refractivity contribution in [1.82, 2.24) is 0 Å². The van der Waals surface area contributed by atoms with Gasteiger partial charge in [-0.15, -0.1) is 19.7 Å². The van der Waals surface area contributed by atoms with E-state index in [4.69, 9.17) is 0 Å². The average molecular weight is 246 g/mol. The average Bonchev–Trinajstić information content (AvgIpc) is 2.32. The fraction of sp³-hybridized carbons (Fsp3) is 0.200. The van der Waals surface area contributed by atoms with Gasteiger partial charge in [-0.05, 0) is 30.0 Å². The Labute approximate surface area is 106 Å². The van der Waals surface area contributed by atoms with E-state index in [1.165, 1.54) is 5.56 Å². The van der Waals surface area contributed by atoms with Crippen LogP contribution in [0.1, 0.15) is 11.1 Å². The van der Waals surface area contributed by atoms with Crippen molar-refractivity contribution in [2.45, 2.75) is 17.7 Å². The van der Waals surface area contributed by atoms with Crippen molar-refractivity contribution < 1.29 is 4.21 Å². The lowest BCUT2D eigenvalue weighted by Gasteiger charge is -2.11. The van der Waals surface area contributed by atoms with E-state index in [9.17, 15) is 4.21 Å². The number of hydrogen-bond donors (Lipinski definition) is 0. The molecule has 0 saturated heterocycles. The number of benzene rings is 1. The molecule has 0 heterocycles. The normalized spacial score (nSPS) is 11.8. The zero-order valence-corrected chi connectivity index (χ0v) is 10.8. The largest absolute Gasteiger partial charge is 0.254 e. The van der Waals surface area contributed by atoms with Gasteiger partial charge < -0.3 is 0 Å². The minimum absolute atomic E-state index is 0.488. The molecule has 0 radical (unpaired) electrons. The summed E-state index contributed by atoms with van der Waals surface area (Å²) in [5.74, 6) is 0.488. The molecule has 2 heteroatoms. The summed E-state index contributed by atoms with van der Waals surface area (Å²) in [4.78, 5) is 0.893. The van der Waals surface area contributed by atoms with Crippen LogP contribution in [0.5, 0.6) is 0 Å². The Bertz CT molecular complexity index is 446.